The molecule has 0 aromatic carbocycles. The number of halogens is 6. The van der Waals surface area contributed by atoms with E-state index >= 15 is 0 Å². The summed E-state index contributed by atoms with van der Waals surface area (Å²) in [7, 11) is 0. The van der Waals surface area contributed by atoms with Crippen LogP contribution in [0.3, 0.4) is 0 Å². The van der Waals surface area contributed by atoms with Crippen molar-refractivity contribution in [2.75, 3.05) is 26.6 Å². The molecule has 0 aromatic rings. The van der Waals surface area contributed by atoms with Crippen molar-refractivity contribution in [3.63, 3.8) is 0 Å². The predicted molar refractivity (Wildman–Crippen MR) is 88.6 cm³/mol. The molecule has 4 unspecified atom stereocenters. The molecule has 0 rings (SSSR count). The first-order chi connectivity index (χ1) is 11.9. The van der Waals surface area contributed by atoms with Gasteiger partial charge in [-0.25, -0.2) is 0 Å². The summed E-state index contributed by atoms with van der Waals surface area (Å²) >= 11 is -4.62. The second kappa shape index (κ2) is 14.4. The average Bonchev–Trinajstić information content (AvgIpc) is 2.60. The van der Waals surface area contributed by atoms with E-state index in [-0.39, 0.29) is 13.2 Å². The van der Waals surface area contributed by atoms with Crippen molar-refractivity contribution >= 4 is 19.2 Å². The van der Waals surface area contributed by atoms with Gasteiger partial charge in [-0.3, -0.25) is 0 Å². The second-order valence-corrected chi connectivity index (χ2v) is 15.3. The van der Waals surface area contributed by atoms with E-state index in [9.17, 15) is 26.3 Å². The Morgan fingerprint density at radius 2 is 1.04 bits per heavy atom. The van der Waals surface area contributed by atoms with E-state index in [2.05, 4.69) is 0 Å². The Morgan fingerprint density at radius 1 is 0.680 bits per heavy atom. The maximum atomic E-state index is 14.0. The van der Waals surface area contributed by atoms with Crippen LogP contribution < -0.4 is 0 Å². The van der Waals surface area contributed by atoms with Crippen LogP contribution in [0.1, 0.15) is 39.5 Å². The Morgan fingerprint density at radius 3 is 1.32 bits per heavy atom. The van der Waals surface area contributed by atoms with E-state index in [1.165, 1.54) is 0 Å². The molecule has 152 valence electrons. The molecular formula is C16H30F6O2Sn. The molecule has 0 aliphatic carbocycles. The van der Waals surface area contributed by atoms with Gasteiger partial charge in [0, 0.05) is 0 Å². The zero-order chi connectivity index (χ0) is 19.3. The number of hydrogen-bond acceptors (Lipinski definition) is 2. The van der Waals surface area contributed by atoms with Crippen molar-refractivity contribution in [2.24, 2.45) is 0 Å². The summed E-state index contributed by atoms with van der Waals surface area (Å²) in [5.74, 6) is 0. The summed E-state index contributed by atoms with van der Waals surface area (Å²) < 4.78 is 89.8. The van der Waals surface area contributed by atoms with E-state index in [4.69, 9.17) is 6.15 Å². The van der Waals surface area contributed by atoms with Crippen molar-refractivity contribution < 1.29 is 32.5 Å². The average molecular weight is 487 g/mol. The van der Waals surface area contributed by atoms with Gasteiger partial charge in [-0.1, -0.05) is 0 Å². The topological polar surface area (TPSA) is 18.5 Å². The van der Waals surface area contributed by atoms with Gasteiger partial charge in [0.2, 0.25) is 0 Å². The quantitative estimate of drug-likeness (QED) is 0.166. The summed E-state index contributed by atoms with van der Waals surface area (Å²) in [5.41, 5.74) is 0. The van der Waals surface area contributed by atoms with Gasteiger partial charge >= 0.3 is 151 Å². The van der Waals surface area contributed by atoms with Crippen molar-refractivity contribution in [3.8, 4) is 0 Å². The van der Waals surface area contributed by atoms with Crippen molar-refractivity contribution in [3.05, 3.63) is 0 Å². The molecular weight excluding hydrogens is 457 g/mol. The van der Waals surface area contributed by atoms with Gasteiger partial charge in [-0.15, -0.1) is 0 Å². The number of unbranched alkanes of at least 4 members (excludes halogenated alkanes) is 2. The van der Waals surface area contributed by atoms with Gasteiger partial charge in [-0.05, 0) is 0 Å². The van der Waals surface area contributed by atoms with E-state index in [1.807, 2.05) is 13.8 Å². The molecule has 4 atom stereocenters. The monoisotopic (exact) mass is 488 g/mol. The molecule has 0 aliphatic heterocycles. The third kappa shape index (κ3) is 10.3. The second-order valence-electron chi connectivity index (χ2n) is 6.10. The first kappa shape index (κ1) is 25.3. The van der Waals surface area contributed by atoms with Crippen LogP contribution in [0.25, 0.3) is 0 Å². The minimum atomic E-state index is -4.62. The van der Waals surface area contributed by atoms with Gasteiger partial charge in [0.15, 0.2) is 0 Å². The van der Waals surface area contributed by atoms with Crippen LogP contribution >= 0.6 is 0 Å². The number of rotatable bonds is 16. The first-order valence-electron chi connectivity index (χ1n) is 8.81. The van der Waals surface area contributed by atoms with Crippen LogP contribution in [0.2, 0.25) is 8.87 Å². The van der Waals surface area contributed by atoms with Crippen LogP contribution in [0.5, 0.6) is 0 Å². The molecule has 0 saturated carbocycles. The Labute approximate surface area is 151 Å². The molecule has 9 heteroatoms. The van der Waals surface area contributed by atoms with E-state index < -0.39 is 66.1 Å². The fraction of sp³-hybridized carbons (Fsp3) is 1.00. The predicted octanol–water partition coefficient (Wildman–Crippen LogP) is 5.35. The molecule has 0 amide bonds. The standard InChI is InChI=1S/2C4H6F3.2C4H9O.Sn/c2*1-3(6)4(7)2-5;2*1-2-3-4-5;/h2*3-4H,1-2H2;2*2-4H2,1H3;/q;;2*-1;+2. The van der Waals surface area contributed by atoms with Crippen molar-refractivity contribution in [1.29, 1.82) is 0 Å². The normalized spacial score (nSPS) is 17.3. The SMILES string of the molecule is CCCC[O][Sn]([CH2]C(F)C(F)CF)([CH2]C(F)C(F)CF)[O]CCCC. The fourth-order valence-electron chi connectivity index (χ4n) is 2.21. The number of hydrogen-bond donors (Lipinski definition) is 0. The molecule has 0 aromatic heterocycles. The van der Waals surface area contributed by atoms with Gasteiger partial charge in [-0.2, -0.15) is 0 Å². The van der Waals surface area contributed by atoms with Crippen LogP contribution in [0.4, 0.5) is 26.3 Å². The third-order valence-corrected chi connectivity index (χ3v) is 13.8. The van der Waals surface area contributed by atoms with E-state index in [0.717, 1.165) is 12.8 Å². The molecule has 0 fully saturated rings. The zero-order valence-electron chi connectivity index (χ0n) is 15.0. The molecule has 25 heavy (non-hydrogen) atoms. The molecule has 2 nitrogen and oxygen atoms in total. The van der Waals surface area contributed by atoms with Crippen LogP contribution in [0, 0.1) is 0 Å². The summed E-state index contributed by atoms with van der Waals surface area (Å²) in [5, 5.41) is 0. The summed E-state index contributed by atoms with van der Waals surface area (Å²) in [6, 6.07) is 0. The summed E-state index contributed by atoms with van der Waals surface area (Å²) in [6.45, 7) is 1.05. The van der Waals surface area contributed by atoms with E-state index in [0.29, 0.717) is 12.8 Å². The Hall–Kier alpha value is 0.299. The minimum absolute atomic E-state index is 0.150. The number of alkyl halides is 6. The fourth-order valence-corrected chi connectivity index (χ4v) is 12.1. The maximum absolute atomic E-state index is 14.0. The van der Waals surface area contributed by atoms with Crippen LogP contribution in [-0.2, 0) is 6.15 Å². The van der Waals surface area contributed by atoms with Crippen molar-refractivity contribution in [2.45, 2.75) is 73.1 Å². The molecule has 0 N–H and O–H groups in total. The summed E-state index contributed by atoms with van der Waals surface area (Å²) in [6.07, 6.45) is -6.45. The Bertz CT molecular complexity index is 297. The molecule has 0 heterocycles. The molecule has 0 aliphatic rings. The molecule has 0 bridgehead atoms. The molecule has 0 saturated heterocycles. The van der Waals surface area contributed by atoms with Crippen LogP contribution in [-0.4, -0.2) is 70.5 Å². The Kier molecular flexibility index (Phi) is 14.5. The third-order valence-electron chi connectivity index (χ3n) is 3.82. The van der Waals surface area contributed by atoms with Crippen molar-refractivity contribution in [1.82, 2.24) is 0 Å². The zero-order valence-corrected chi connectivity index (χ0v) is 17.8. The summed E-state index contributed by atoms with van der Waals surface area (Å²) in [4.78, 5) is 0. The van der Waals surface area contributed by atoms with Gasteiger partial charge in [0.1, 0.15) is 0 Å². The van der Waals surface area contributed by atoms with Gasteiger partial charge in [0.25, 0.3) is 0 Å². The van der Waals surface area contributed by atoms with Crippen LogP contribution in [0.15, 0.2) is 0 Å². The Balaban J connectivity index is 5.28. The van der Waals surface area contributed by atoms with Gasteiger partial charge < -0.3 is 0 Å². The van der Waals surface area contributed by atoms with Gasteiger partial charge in [0.05, 0.1) is 0 Å². The first-order valence-corrected chi connectivity index (χ1v) is 15.2. The molecule has 0 spiro atoms. The molecule has 0 radical (unpaired) electrons. The van der Waals surface area contributed by atoms with E-state index in [1.54, 1.807) is 0 Å².